The number of aromatic hydroxyl groups is 1. The fourth-order valence-electron chi connectivity index (χ4n) is 4.12. The van der Waals surface area contributed by atoms with Crippen LogP contribution in [0.5, 0.6) is 17.2 Å². The van der Waals surface area contributed by atoms with Crippen LogP contribution in [0.25, 0.3) is 11.0 Å². The van der Waals surface area contributed by atoms with Crippen LogP contribution in [0.3, 0.4) is 0 Å². The lowest BCUT2D eigenvalue weighted by atomic mass is 10.1. The molecule has 0 amide bonds. The second-order valence-corrected chi connectivity index (χ2v) is 8.78. The highest BCUT2D eigenvalue weighted by Crippen LogP contribution is 2.40. The number of piperazine rings is 1. The van der Waals surface area contributed by atoms with Crippen molar-refractivity contribution in [3.8, 4) is 17.2 Å². The van der Waals surface area contributed by atoms with Crippen molar-refractivity contribution in [1.82, 2.24) is 0 Å². The molecule has 0 saturated carbocycles. The van der Waals surface area contributed by atoms with Gasteiger partial charge in [0.15, 0.2) is 5.58 Å². The Balaban J connectivity index is 1.86. The molecule has 1 aromatic heterocycles. The summed E-state index contributed by atoms with van der Waals surface area (Å²) in [5.74, 6) is -2.46. The molecule has 2 aromatic carbocycles. The Morgan fingerprint density at radius 3 is 2.45 bits per heavy atom. The summed E-state index contributed by atoms with van der Waals surface area (Å²) in [6, 6.07) is 7.67. The van der Waals surface area contributed by atoms with E-state index in [1.54, 1.807) is 32.0 Å². The fraction of sp³-hybridized carbons (Fsp3) is 0.375. The highest BCUT2D eigenvalue weighted by molar-refractivity contribution is 5.83. The Kier molecular flexibility index (Phi) is 6.11. The minimum absolute atomic E-state index is 0.0599. The predicted octanol–water partition coefficient (Wildman–Crippen LogP) is 1.84. The Bertz CT molecular complexity index is 1250. The summed E-state index contributed by atoms with van der Waals surface area (Å²) >= 11 is 0. The molecule has 0 aliphatic carbocycles. The summed E-state index contributed by atoms with van der Waals surface area (Å²) in [5.41, 5.74) is 0.379. The summed E-state index contributed by atoms with van der Waals surface area (Å²) < 4.78 is 52.8. The van der Waals surface area contributed by atoms with Crippen molar-refractivity contribution in [2.24, 2.45) is 0 Å². The Morgan fingerprint density at radius 1 is 1.09 bits per heavy atom. The molecule has 1 fully saturated rings. The van der Waals surface area contributed by atoms with Crippen LogP contribution in [0.15, 0.2) is 39.5 Å². The summed E-state index contributed by atoms with van der Waals surface area (Å²) in [4.78, 5) is 15.7. The van der Waals surface area contributed by atoms with Crippen LogP contribution < -0.4 is 20.0 Å². The van der Waals surface area contributed by atoms with E-state index >= 15 is 0 Å². The number of aryl methyl sites for hydroxylation is 2. The van der Waals surface area contributed by atoms with Crippen molar-refractivity contribution >= 4 is 11.0 Å². The van der Waals surface area contributed by atoms with Gasteiger partial charge in [0.05, 0.1) is 18.0 Å². The van der Waals surface area contributed by atoms with Crippen LogP contribution in [0.2, 0.25) is 0 Å². The molecular formula is C24H27F3N2O4+2. The Labute approximate surface area is 188 Å². The number of hydrogen-bond donors (Lipinski definition) is 3. The number of likely N-dealkylation sites (N-methyl/N-ethyl adjacent to an activating group) is 1. The van der Waals surface area contributed by atoms with Crippen molar-refractivity contribution in [1.29, 1.82) is 0 Å². The van der Waals surface area contributed by atoms with Gasteiger partial charge in [0.1, 0.15) is 44.2 Å². The highest BCUT2D eigenvalue weighted by atomic mass is 19.4. The lowest BCUT2D eigenvalue weighted by molar-refractivity contribution is -1.01. The second kappa shape index (κ2) is 8.72. The van der Waals surface area contributed by atoms with Gasteiger partial charge in [-0.25, -0.2) is 0 Å². The van der Waals surface area contributed by atoms with Crippen LogP contribution >= 0.6 is 0 Å². The van der Waals surface area contributed by atoms with Gasteiger partial charge in [-0.15, -0.1) is 0 Å². The molecule has 33 heavy (non-hydrogen) atoms. The zero-order valence-corrected chi connectivity index (χ0v) is 18.7. The number of halogens is 3. The average molecular weight is 464 g/mol. The number of benzene rings is 2. The quantitative estimate of drug-likeness (QED) is 0.551. The van der Waals surface area contributed by atoms with Gasteiger partial charge in [0.25, 0.3) is 5.76 Å². The van der Waals surface area contributed by atoms with E-state index in [0.29, 0.717) is 5.56 Å². The van der Waals surface area contributed by atoms with E-state index in [2.05, 4.69) is 7.05 Å². The first-order valence-corrected chi connectivity index (χ1v) is 10.8. The van der Waals surface area contributed by atoms with Gasteiger partial charge in [-0.05, 0) is 43.2 Å². The first-order valence-electron chi connectivity index (χ1n) is 10.8. The van der Waals surface area contributed by atoms with Gasteiger partial charge in [-0.1, -0.05) is 12.1 Å². The van der Waals surface area contributed by atoms with Crippen LogP contribution in [-0.4, -0.2) is 38.3 Å². The molecule has 9 heteroatoms. The maximum absolute atomic E-state index is 14.0. The van der Waals surface area contributed by atoms with Crippen LogP contribution in [0, 0.1) is 13.8 Å². The molecule has 1 aliphatic rings. The molecule has 0 spiro atoms. The van der Waals surface area contributed by atoms with Gasteiger partial charge in [-0.3, -0.25) is 4.79 Å². The molecular weight excluding hydrogens is 437 g/mol. The Morgan fingerprint density at radius 2 is 1.79 bits per heavy atom. The van der Waals surface area contributed by atoms with E-state index in [-0.39, 0.29) is 34.6 Å². The number of nitrogens with one attached hydrogen (secondary N) is 2. The highest BCUT2D eigenvalue weighted by Gasteiger charge is 2.41. The molecule has 6 nitrogen and oxygen atoms in total. The van der Waals surface area contributed by atoms with Crippen LogP contribution in [-0.2, 0) is 12.7 Å². The number of phenolic OH excluding ortho intramolecular Hbond substituents is 1. The van der Waals surface area contributed by atoms with Crippen molar-refractivity contribution in [2.75, 3.05) is 33.2 Å². The fourth-order valence-corrected chi connectivity index (χ4v) is 4.12. The first-order chi connectivity index (χ1) is 15.5. The van der Waals surface area contributed by atoms with Crippen molar-refractivity contribution in [3.05, 3.63) is 63.0 Å². The third-order valence-electron chi connectivity index (χ3n) is 6.15. The maximum atomic E-state index is 14.0. The lowest BCUT2D eigenvalue weighted by Crippen LogP contribution is -3.26. The molecule has 0 radical (unpaired) electrons. The van der Waals surface area contributed by atoms with Crippen molar-refractivity contribution in [2.45, 2.75) is 26.6 Å². The first kappa shape index (κ1) is 23.1. The number of quaternary nitrogens is 2. The minimum atomic E-state index is -4.97. The number of ether oxygens (including phenoxy) is 1. The van der Waals surface area contributed by atoms with E-state index in [0.717, 1.165) is 36.6 Å². The number of fused-ring (bicyclic) bond motifs is 1. The van der Waals surface area contributed by atoms with E-state index in [9.17, 15) is 23.1 Å². The monoisotopic (exact) mass is 464 g/mol. The Hall–Kier alpha value is -3.04. The molecule has 3 aromatic rings. The number of hydrogen-bond acceptors (Lipinski definition) is 4. The molecule has 4 rings (SSSR count). The number of phenols is 1. The third kappa shape index (κ3) is 4.69. The molecule has 176 valence electrons. The SMILES string of the molecule is Cc1ccc(C)c(Oc2c(C(F)(F)F)oc3c(C[NH+]4CC[NH+](C)CC4)c(O)ccc3c2=O)c1. The zero-order valence-electron chi connectivity index (χ0n) is 18.7. The summed E-state index contributed by atoms with van der Waals surface area (Å²) in [7, 11) is 2.08. The molecule has 1 saturated heterocycles. The van der Waals surface area contributed by atoms with Gasteiger partial charge in [0, 0.05) is 0 Å². The van der Waals surface area contributed by atoms with Gasteiger partial charge in [0.2, 0.25) is 11.2 Å². The third-order valence-corrected chi connectivity index (χ3v) is 6.15. The average Bonchev–Trinajstić information content (AvgIpc) is 2.75. The summed E-state index contributed by atoms with van der Waals surface area (Å²) in [6.07, 6.45) is -4.97. The van der Waals surface area contributed by atoms with Crippen LogP contribution in [0.1, 0.15) is 22.5 Å². The largest absolute Gasteiger partial charge is 0.507 e. The van der Waals surface area contributed by atoms with E-state index in [1.165, 1.54) is 17.0 Å². The lowest BCUT2D eigenvalue weighted by Gasteiger charge is -2.27. The van der Waals surface area contributed by atoms with Crippen molar-refractivity contribution < 1.29 is 37.2 Å². The normalized spacial score (nSPS) is 19.1. The molecule has 1 aliphatic heterocycles. The molecule has 2 heterocycles. The van der Waals surface area contributed by atoms with E-state index < -0.39 is 23.1 Å². The molecule has 0 atom stereocenters. The standard InChI is InChI=1S/C24H25F3N2O4/c1-14-4-5-15(2)19(12-14)32-22-20(31)16-6-7-18(30)17(13-29-10-8-28(3)9-11-29)21(16)33-23(22)24(25,26)27/h4-7,12,30H,8-11,13H2,1-3H3/p+2. The van der Waals surface area contributed by atoms with E-state index in [4.69, 9.17) is 9.15 Å². The molecule has 0 bridgehead atoms. The second-order valence-electron chi connectivity index (χ2n) is 8.78. The minimum Gasteiger partial charge on any atom is -0.507 e. The predicted molar refractivity (Wildman–Crippen MR) is 116 cm³/mol. The van der Waals surface area contributed by atoms with E-state index in [1.807, 2.05) is 0 Å². The smallest absolute Gasteiger partial charge is 0.453 e. The van der Waals surface area contributed by atoms with Gasteiger partial charge < -0.3 is 24.1 Å². The van der Waals surface area contributed by atoms with Crippen LogP contribution in [0.4, 0.5) is 13.2 Å². The number of rotatable bonds is 4. The van der Waals surface area contributed by atoms with Crippen molar-refractivity contribution in [3.63, 3.8) is 0 Å². The zero-order chi connectivity index (χ0) is 23.9. The topological polar surface area (TPSA) is 68.6 Å². The van der Waals surface area contributed by atoms with Gasteiger partial charge >= 0.3 is 6.18 Å². The molecule has 3 N–H and O–H groups in total. The maximum Gasteiger partial charge on any atom is 0.453 e. The van der Waals surface area contributed by atoms with Gasteiger partial charge in [-0.2, -0.15) is 13.2 Å². The number of alkyl halides is 3. The molecule has 0 unspecified atom stereocenters. The summed E-state index contributed by atoms with van der Waals surface area (Å²) in [5, 5.41) is 10.4. The summed E-state index contributed by atoms with van der Waals surface area (Å²) in [6.45, 7) is 7.13.